The van der Waals surface area contributed by atoms with Gasteiger partial charge in [-0.2, -0.15) is 0 Å². The van der Waals surface area contributed by atoms with Crippen LogP contribution >= 0.6 is 0 Å². The molecule has 1 N–H and O–H groups in total. The number of rotatable bonds is 19. The van der Waals surface area contributed by atoms with Crippen LogP contribution in [0.5, 0.6) is 0 Å². The van der Waals surface area contributed by atoms with Crippen molar-refractivity contribution in [3.05, 3.63) is 23.3 Å². The van der Waals surface area contributed by atoms with E-state index >= 15 is 0 Å². The Morgan fingerprint density at radius 3 is 1.58 bits per heavy atom. The smallest absolute Gasteiger partial charge is 0.331 e. The van der Waals surface area contributed by atoms with Gasteiger partial charge in [-0.25, -0.2) is 4.79 Å². The Kier molecular flexibility index (Phi) is 16.5. The molecule has 38 heavy (non-hydrogen) atoms. The molecule has 0 spiro atoms. The van der Waals surface area contributed by atoms with Crippen LogP contribution in [0.2, 0.25) is 0 Å². The van der Waals surface area contributed by atoms with Crippen molar-refractivity contribution in [1.29, 1.82) is 0 Å². The molecule has 0 bridgehead atoms. The van der Waals surface area contributed by atoms with E-state index < -0.39 is 5.97 Å². The van der Waals surface area contributed by atoms with Gasteiger partial charge in [-0.3, -0.25) is 4.79 Å². The summed E-state index contributed by atoms with van der Waals surface area (Å²) in [5, 5.41) is 9.88. The number of aliphatic carboxylic acids is 1. The second kappa shape index (κ2) is 18.1. The molecule has 3 nitrogen and oxygen atoms in total. The molecule has 3 heteroatoms. The second-order valence-corrected chi connectivity index (χ2v) is 14.1. The number of hydrogen-bond acceptors (Lipinski definition) is 2. The van der Waals surface area contributed by atoms with E-state index in [-0.39, 0.29) is 28.4 Å². The molecule has 0 saturated heterocycles. The average molecular weight is 531 g/mol. The molecule has 0 aromatic heterocycles. The molecule has 0 fully saturated rings. The van der Waals surface area contributed by atoms with Crippen LogP contribution in [-0.2, 0) is 9.59 Å². The molecule has 220 valence electrons. The summed E-state index contributed by atoms with van der Waals surface area (Å²) < 4.78 is 0. The molecule has 0 aromatic rings. The van der Waals surface area contributed by atoms with Crippen molar-refractivity contribution in [3.63, 3.8) is 0 Å². The van der Waals surface area contributed by atoms with Crippen molar-refractivity contribution in [2.24, 2.45) is 22.7 Å². The Bertz CT molecular complexity index is 744. The highest BCUT2D eigenvalue weighted by molar-refractivity contribution is 5.99. The van der Waals surface area contributed by atoms with Crippen LogP contribution in [0.4, 0.5) is 0 Å². The van der Waals surface area contributed by atoms with Crippen molar-refractivity contribution in [3.8, 4) is 0 Å². The third-order valence-electron chi connectivity index (χ3n) is 8.31. The number of hydrogen-bond donors (Lipinski definition) is 1. The first-order valence-corrected chi connectivity index (χ1v) is 16.1. The molecular weight excluding hydrogens is 468 g/mol. The second-order valence-electron chi connectivity index (χ2n) is 14.1. The van der Waals surface area contributed by atoms with Crippen LogP contribution in [-0.4, -0.2) is 16.9 Å². The fourth-order valence-electron chi connectivity index (χ4n) is 5.80. The zero-order valence-corrected chi connectivity index (χ0v) is 26.3. The maximum absolute atomic E-state index is 13.2. The van der Waals surface area contributed by atoms with E-state index in [2.05, 4.69) is 54.5 Å². The third-order valence-corrected chi connectivity index (χ3v) is 8.31. The minimum absolute atomic E-state index is 0.0123. The van der Waals surface area contributed by atoms with Crippen molar-refractivity contribution in [1.82, 2.24) is 0 Å². The van der Waals surface area contributed by atoms with Gasteiger partial charge in [0.1, 0.15) is 0 Å². The predicted molar refractivity (Wildman–Crippen MR) is 163 cm³/mol. The van der Waals surface area contributed by atoms with E-state index in [0.29, 0.717) is 18.4 Å². The summed E-state index contributed by atoms with van der Waals surface area (Å²) in [6.07, 6.45) is 26.4. The van der Waals surface area contributed by atoms with Crippen LogP contribution in [0.3, 0.4) is 0 Å². The topological polar surface area (TPSA) is 54.4 Å². The maximum atomic E-state index is 13.2. The van der Waals surface area contributed by atoms with E-state index in [0.717, 1.165) is 18.4 Å². The van der Waals surface area contributed by atoms with Gasteiger partial charge >= 0.3 is 5.97 Å². The molecular formula is C35H62O3. The Morgan fingerprint density at radius 1 is 0.789 bits per heavy atom. The molecule has 0 saturated carbocycles. The zero-order chi connectivity index (χ0) is 28.6. The van der Waals surface area contributed by atoms with Crippen LogP contribution in [0.15, 0.2) is 23.3 Å². The number of carboxylic acid groups (broad SMARTS) is 1. The lowest BCUT2D eigenvalue weighted by atomic mass is 9.64. The van der Waals surface area contributed by atoms with Gasteiger partial charge in [0.25, 0.3) is 0 Å². The zero-order valence-electron chi connectivity index (χ0n) is 26.3. The van der Waals surface area contributed by atoms with E-state index in [1.165, 1.54) is 89.9 Å². The number of unbranched alkanes of at least 4 members (excludes halogenated alkanes) is 15. The van der Waals surface area contributed by atoms with Gasteiger partial charge in [-0.1, -0.05) is 157 Å². The van der Waals surface area contributed by atoms with Crippen LogP contribution in [0.25, 0.3) is 0 Å². The summed E-state index contributed by atoms with van der Waals surface area (Å²) in [5.74, 6) is -0.628. The minimum atomic E-state index is -0.805. The highest BCUT2D eigenvalue weighted by atomic mass is 16.4. The van der Waals surface area contributed by atoms with Gasteiger partial charge in [0.05, 0.1) is 0 Å². The highest BCUT2D eigenvalue weighted by Gasteiger charge is 2.40. The number of carboxylic acids is 1. The lowest BCUT2D eigenvalue weighted by Crippen LogP contribution is -2.37. The summed E-state index contributed by atoms with van der Waals surface area (Å²) in [6, 6.07) is 0. The number of carbonyl (C=O) groups is 2. The molecule has 0 amide bonds. The lowest BCUT2D eigenvalue weighted by molar-refractivity contribution is -0.132. The predicted octanol–water partition coefficient (Wildman–Crippen LogP) is 10.9. The summed E-state index contributed by atoms with van der Waals surface area (Å²) in [4.78, 5) is 25.2. The van der Waals surface area contributed by atoms with Crippen molar-refractivity contribution in [2.75, 3.05) is 0 Å². The quantitative estimate of drug-likeness (QED) is 0.133. The first-order chi connectivity index (χ1) is 17.9. The molecule has 0 heterocycles. The summed E-state index contributed by atoms with van der Waals surface area (Å²) in [6.45, 7) is 14.9. The summed E-state index contributed by atoms with van der Waals surface area (Å²) in [7, 11) is 0. The Morgan fingerprint density at radius 2 is 1.21 bits per heavy atom. The van der Waals surface area contributed by atoms with Gasteiger partial charge < -0.3 is 5.11 Å². The van der Waals surface area contributed by atoms with Crippen molar-refractivity contribution in [2.45, 2.75) is 164 Å². The third kappa shape index (κ3) is 14.1. The van der Waals surface area contributed by atoms with Crippen molar-refractivity contribution < 1.29 is 14.7 Å². The van der Waals surface area contributed by atoms with Gasteiger partial charge in [0.2, 0.25) is 0 Å². The molecule has 0 radical (unpaired) electrons. The van der Waals surface area contributed by atoms with Gasteiger partial charge in [0.15, 0.2) is 5.78 Å². The molecule has 0 aliphatic heterocycles. The number of carbonyl (C=O) groups excluding carboxylic acids is 1. The molecule has 1 aliphatic carbocycles. The summed E-state index contributed by atoms with van der Waals surface area (Å²) in [5.41, 5.74) is 1.01. The largest absolute Gasteiger partial charge is 0.478 e. The number of allylic oxidation sites excluding steroid dienone is 3. The van der Waals surface area contributed by atoms with E-state index in [4.69, 9.17) is 0 Å². The van der Waals surface area contributed by atoms with Gasteiger partial charge in [-0.05, 0) is 41.6 Å². The molecule has 2 unspecified atom stereocenters. The fraction of sp³-hybridized carbons (Fsp3) is 0.829. The van der Waals surface area contributed by atoms with E-state index in [9.17, 15) is 14.7 Å². The fourth-order valence-corrected chi connectivity index (χ4v) is 5.80. The monoisotopic (exact) mass is 530 g/mol. The Labute approximate surface area is 236 Å². The molecule has 2 atom stereocenters. The average Bonchev–Trinajstić information content (AvgIpc) is 2.82. The number of ketones is 1. The standard InChI is InChI=1S/C35H62O3/c1-8-9-10-11-12-13-14-15-16-17-18-19-20-21-22-23-24-29(33(37)38)25-28-26-30(34(2,3)4)32(36)31(27-28)35(5,6)7/h25-26,28,31H,8-24,27H2,1-7H3,(H,37,38). The van der Waals surface area contributed by atoms with E-state index in [1.54, 1.807) is 0 Å². The Balaban J connectivity index is 2.36. The van der Waals surface area contributed by atoms with Crippen LogP contribution in [0, 0.1) is 22.7 Å². The maximum Gasteiger partial charge on any atom is 0.331 e. The van der Waals surface area contributed by atoms with Gasteiger partial charge in [-0.15, -0.1) is 0 Å². The summed E-state index contributed by atoms with van der Waals surface area (Å²) >= 11 is 0. The highest BCUT2D eigenvalue weighted by Crippen LogP contribution is 2.43. The minimum Gasteiger partial charge on any atom is -0.478 e. The first kappa shape index (κ1) is 34.6. The van der Waals surface area contributed by atoms with Crippen molar-refractivity contribution >= 4 is 11.8 Å². The molecule has 1 aliphatic rings. The lowest BCUT2D eigenvalue weighted by Gasteiger charge is -2.38. The van der Waals surface area contributed by atoms with Gasteiger partial charge in [0, 0.05) is 11.5 Å². The van der Waals surface area contributed by atoms with Crippen LogP contribution in [0.1, 0.15) is 164 Å². The van der Waals surface area contributed by atoms with Crippen LogP contribution < -0.4 is 0 Å². The number of Topliss-reactive ketones (excluding diaryl/α,β-unsaturated/α-hetero) is 1. The van der Waals surface area contributed by atoms with E-state index in [1.807, 2.05) is 6.08 Å². The SMILES string of the molecule is CCCCCCCCCCCCCCCCCCC(=CC1C=C(C(C)(C)C)C(=O)C(C(C)(C)C)C1)C(=O)O. The Hall–Kier alpha value is -1.38. The normalized spacial score (nSPS) is 19.1. The first-order valence-electron chi connectivity index (χ1n) is 16.1. The molecule has 0 aromatic carbocycles. The molecule has 1 rings (SSSR count).